The Labute approximate surface area is 193 Å². The lowest BCUT2D eigenvalue weighted by atomic mass is 9.99. The molecule has 0 fully saturated rings. The molecule has 0 bridgehead atoms. The molecule has 0 aromatic heterocycles. The number of aliphatic imine (C=N–C) groups is 2. The molecule has 9 heteroatoms. The lowest BCUT2D eigenvalue weighted by molar-refractivity contribution is 0.134. The van der Waals surface area contributed by atoms with Crippen molar-refractivity contribution in [3.8, 4) is 6.07 Å². The Morgan fingerprint density at radius 3 is 2.66 bits per heavy atom. The fourth-order valence-corrected chi connectivity index (χ4v) is 3.48. The van der Waals surface area contributed by atoms with Crippen LogP contribution in [0.1, 0.15) is 16.7 Å². The molecule has 158 valence electrons. The van der Waals surface area contributed by atoms with E-state index in [1.807, 2.05) is 18.2 Å². The number of fused-ring (bicyclic) bond motifs is 1. The molecule has 0 atom stereocenters. The van der Waals surface area contributed by atoms with Crippen LogP contribution in [0.25, 0.3) is 0 Å². The quantitative estimate of drug-likeness (QED) is 0.490. The number of hydroxylamine groups is 1. The van der Waals surface area contributed by atoms with E-state index in [0.717, 1.165) is 0 Å². The maximum Gasteiger partial charge on any atom is 0.435 e. The Morgan fingerprint density at radius 2 is 1.88 bits per heavy atom. The average molecular weight is 464 g/mol. The Hall–Kier alpha value is -3.86. The van der Waals surface area contributed by atoms with E-state index in [9.17, 15) is 10.1 Å². The van der Waals surface area contributed by atoms with Crippen LogP contribution in [0, 0.1) is 11.3 Å². The van der Waals surface area contributed by atoms with Gasteiger partial charge in [-0.05, 0) is 42.5 Å². The van der Waals surface area contributed by atoms with E-state index in [4.69, 9.17) is 28.0 Å². The van der Waals surface area contributed by atoms with Crippen molar-refractivity contribution >= 4 is 52.2 Å². The number of nitrogens with zero attached hydrogens (tertiary/aromatic N) is 3. The summed E-state index contributed by atoms with van der Waals surface area (Å²) in [4.78, 5) is 26.4. The number of hydrogen-bond acceptors (Lipinski definition) is 6. The first-order valence-corrected chi connectivity index (χ1v) is 10.2. The van der Waals surface area contributed by atoms with Crippen LogP contribution in [0.5, 0.6) is 0 Å². The minimum Gasteiger partial charge on any atom is -0.323 e. The third-order valence-corrected chi connectivity index (χ3v) is 5.05. The Balaban J connectivity index is 1.58. The Bertz CT molecular complexity index is 1300. The largest absolute Gasteiger partial charge is 0.435 e. The molecule has 0 saturated heterocycles. The molecule has 0 saturated carbocycles. The average Bonchev–Trinajstić information content (AvgIpc) is 2.97. The molecule has 2 N–H and O–H groups in total. The Kier molecular flexibility index (Phi) is 6.36. The summed E-state index contributed by atoms with van der Waals surface area (Å²) in [6.07, 6.45) is -0.741. The summed E-state index contributed by atoms with van der Waals surface area (Å²) >= 11 is 12.3. The van der Waals surface area contributed by atoms with Crippen LogP contribution >= 0.6 is 23.2 Å². The predicted molar refractivity (Wildman–Crippen MR) is 125 cm³/mol. The number of carbonyl (C=O) groups is 1. The highest BCUT2D eigenvalue weighted by Crippen LogP contribution is 2.29. The van der Waals surface area contributed by atoms with E-state index in [0.29, 0.717) is 49.7 Å². The van der Waals surface area contributed by atoms with Gasteiger partial charge in [-0.15, -0.1) is 0 Å². The van der Waals surface area contributed by atoms with Crippen LogP contribution in [0.3, 0.4) is 0 Å². The predicted octanol–water partition coefficient (Wildman–Crippen LogP) is 5.50. The lowest BCUT2D eigenvalue weighted by Crippen LogP contribution is -2.31. The van der Waals surface area contributed by atoms with Crippen LogP contribution < -0.4 is 10.8 Å². The molecule has 1 aliphatic rings. The van der Waals surface area contributed by atoms with Crippen LogP contribution in [-0.2, 0) is 4.84 Å². The number of halogens is 2. The smallest absolute Gasteiger partial charge is 0.323 e. The lowest BCUT2D eigenvalue weighted by Gasteiger charge is -2.10. The van der Waals surface area contributed by atoms with E-state index in [2.05, 4.69) is 26.9 Å². The van der Waals surface area contributed by atoms with Gasteiger partial charge in [0.25, 0.3) is 0 Å². The van der Waals surface area contributed by atoms with Crippen molar-refractivity contribution in [2.75, 3.05) is 11.9 Å². The van der Waals surface area contributed by atoms with Gasteiger partial charge >= 0.3 is 6.09 Å². The maximum absolute atomic E-state index is 12.1. The number of benzene rings is 3. The van der Waals surface area contributed by atoms with Crippen molar-refractivity contribution in [1.82, 2.24) is 5.48 Å². The van der Waals surface area contributed by atoms with Gasteiger partial charge in [-0.2, -0.15) is 5.26 Å². The third kappa shape index (κ3) is 4.89. The molecular formula is C23H15Cl2N5O2. The number of hydrogen-bond donors (Lipinski definition) is 2. The summed E-state index contributed by atoms with van der Waals surface area (Å²) in [5.74, 6) is 0.305. The number of carbonyl (C=O) groups excluding carboxylic acids is 1. The number of amidine groups is 1. The summed E-state index contributed by atoms with van der Waals surface area (Å²) < 4.78 is 0. The number of nitriles is 1. The number of anilines is 1. The molecule has 0 unspecified atom stereocenters. The van der Waals surface area contributed by atoms with E-state index < -0.39 is 6.09 Å². The van der Waals surface area contributed by atoms with E-state index in [1.54, 1.807) is 48.5 Å². The topological polar surface area (TPSA) is 98.9 Å². The highest BCUT2D eigenvalue weighted by molar-refractivity contribution is 6.36. The maximum atomic E-state index is 12.1. The zero-order valence-corrected chi connectivity index (χ0v) is 18.0. The highest BCUT2D eigenvalue weighted by atomic mass is 35.5. The van der Waals surface area contributed by atoms with Crippen molar-refractivity contribution in [3.05, 3.63) is 93.5 Å². The molecule has 0 radical (unpaired) electrons. The highest BCUT2D eigenvalue weighted by Gasteiger charge is 2.19. The molecular weight excluding hydrogens is 449 g/mol. The molecule has 0 spiro atoms. The summed E-state index contributed by atoms with van der Waals surface area (Å²) in [6.45, 7) is 0.0988. The fraction of sp³-hybridized carbons (Fsp3) is 0.0435. The van der Waals surface area contributed by atoms with Gasteiger partial charge in [0.2, 0.25) is 0 Å². The zero-order valence-electron chi connectivity index (χ0n) is 16.5. The minimum absolute atomic E-state index is 0.0988. The van der Waals surface area contributed by atoms with E-state index >= 15 is 0 Å². The minimum atomic E-state index is -0.741. The van der Waals surface area contributed by atoms with Gasteiger partial charge in [0.05, 0.1) is 23.0 Å². The first-order valence-electron chi connectivity index (χ1n) is 9.44. The van der Waals surface area contributed by atoms with Gasteiger partial charge < -0.3 is 4.84 Å². The first kappa shape index (κ1) is 21.4. The summed E-state index contributed by atoms with van der Waals surface area (Å²) in [5, 5.41) is 12.9. The van der Waals surface area contributed by atoms with Crippen LogP contribution in [-0.4, -0.2) is 24.2 Å². The molecule has 3 aromatic carbocycles. The molecule has 3 aromatic rings. The van der Waals surface area contributed by atoms with Crippen LogP contribution in [0.15, 0.2) is 76.7 Å². The molecule has 1 heterocycles. The summed E-state index contributed by atoms with van der Waals surface area (Å²) in [7, 11) is 0. The van der Waals surface area contributed by atoms with Crippen molar-refractivity contribution in [2.24, 2.45) is 9.98 Å². The van der Waals surface area contributed by atoms with Crippen molar-refractivity contribution in [3.63, 3.8) is 0 Å². The Morgan fingerprint density at radius 1 is 1.03 bits per heavy atom. The van der Waals surface area contributed by atoms with Crippen LogP contribution in [0.2, 0.25) is 10.0 Å². The van der Waals surface area contributed by atoms with E-state index in [1.165, 1.54) is 0 Å². The number of amides is 1. The van der Waals surface area contributed by atoms with Gasteiger partial charge in [-0.25, -0.2) is 15.3 Å². The van der Waals surface area contributed by atoms with Gasteiger partial charge in [0.15, 0.2) is 5.84 Å². The second-order valence-electron chi connectivity index (χ2n) is 6.67. The van der Waals surface area contributed by atoms with Crippen molar-refractivity contribution in [1.29, 1.82) is 5.26 Å². The normalized spacial score (nSPS) is 12.4. The summed E-state index contributed by atoms with van der Waals surface area (Å²) in [6, 6.07) is 21.2. The van der Waals surface area contributed by atoms with Gasteiger partial charge in [-0.3, -0.25) is 10.3 Å². The molecule has 1 amide bonds. The second kappa shape index (κ2) is 9.52. The summed E-state index contributed by atoms with van der Waals surface area (Å²) in [5.41, 5.74) is 6.01. The van der Waals surface area contributed by atoms with Crippen molar-refractivity contribution in [2.45, 2.75) is 0 Å². The van der Waals surface area contributed by atoms with Gasteiger partial charge in [0.1, 0.15) is 6.54 Å². The van der Waals surface area contributed by atoms with Crippen molar-refractivity contribution < 1.29 is 9.63 Å². The van der Waals surface area contributed by atoms with Crippen LogP contribution in [0.4, 0.5) is 16.2 Å². The molecule has 32 heavy (non-hydrogen) atoms. The first-order chi connectivity index (χ1) is 15.5. The third-order valence-electron chi connectivity index (χ3n) is 4.48. The second-order valence-corrected chi connectivity index (χ2v) is 7.52. The molecule has 1 aliphatic heterocycles. The zero-order chi connectivity index (χ0) is 22.5. The molecule has 0 aliphatic carbocycles. The van der Waals surface area contributed by atoms with Gasteiger partial charge in [-0.1, -0.05) is 47.5 Å². The standard InChI is InChI=1S/C23H15Cl2N5O2/c24-15-4-3-5-16(11-15)28-23(31)32-30-21-13-27-22(17-6-1-2-7-19(17)25)18-10-14(12-26)8-9-20(18)29-21/h1-11H,13H2,(H,28,31)(H,29,30). The SMILES string of the molecule is N#Cc1ccc2c(c1)C(c1ccccc1Cl)=NCC(NOC(=O)Nc1cccc(Cl)c1)=N2. The van der Waals surface area contributed by atoms with Gasteiger partial charge in [0, 0.05) is 26.9 Å². The molecule has 7 nitrogen and oxygen atoms in total. The number of rotatable bonds is 2. The monoisotopic (exact) mass is 463 g/mol. The molecule has 4 rings (SSSR count). The fourth-order valence-electron chi connectivity index (χ4n) is 3.07. The number of nitrogens with one attached hydrogen (secondary N) is 2. The van der Waals surface area contributed by atoms with E-state index in [-0.39, 0.29) is 6.54 Å².